The monoisotopic (exact) mass is 411 g/mol. The van der Waals surface area contributed by atoms with Gasteiger partial charge in [0.2, 0.25) is 5.88 Å². The molecule has 0 aliphatic carbocycles. The number of rotatable bonds is 7. The molecule has 0 saturated carbocycles. The van der Waals surface area contributed by atoms with Gasteiger partial charge < -0.3 is 10.1 Å². The Hall–Kier alpha value is -3.86. The molecule has 4 rings (SSSR count). The van der Waals surface area contributed by atoms with E-state index in [4.69, 9.17) is 4.74 Å². The predicted molar refractivity (Wildman–Crippen MR) is 122 cm³/mol. The summed E-state index contributed by atoms with van der Waals surface area (Å²) in [6.45, 7) is 4.92. The van der Waals surface area contributed by atoms with Crippen molar-refractivity contribution in [3.8, 4) is 5.88 Å². The highest BCUT2D eigenvalue weighted by Gasteiger charge is 2.19. The van der Waals surface area contributed by atoms with Gasteiger partial charge in [-0.2, -0.15) is 0 Å². The van der Waals surface area contributed by atoms with E-state index in [9.17, 15) is 4.79 Å². The number of hydrogen-bond acceptors (Lipinski definition) is 3. The van der Waals surface area contributed by atoms with Crippen molar-refractivity contribution < 1.29 is 9.53 Å². The van der Waals surface area contributed by atoms with Gasteiger partial charge in [-0.25, -0.2) is 0 Å². The second-order valence-electron chi connectivity index (χ2n) is 7.51. The maximum atomic E-state index is 13.1. The topological polar surface area (TPSA) is 56.2 Å². The summed E-state index contributed by atoms with van der Waals surface area (Å²) in [5, 5.41) is 7.57. The van der Waals surface area contributed by atoms with Crippen LogP contribution >= 0.6 is 0 Å². The molecule has 0 unspecified atom stereocenters. The number of carbonyl (C=O) groups excluding carboxylic acids is 1. The van der Waals surface area contributed by atoms with Gasteiger partial charge in [0.05, 0.1) is 6.54 Å². The number of aromatic nitrogens is 2. The number of anilines is 1. The number of carbonyl (C=O) groups is 1. The lowest BCUT2D eigenvalue weighted by Gasteiger charge is -2.10. The van der Waals surface area contributed by atoms with Crippen molar-refractivity contribution >= 4 is 11.6 Å². The molecule has 5 heteroatoms. The van der Waals surface area contributed by atoms with Gasteiger partial charge in [0.15, 0.2) is 0 Å². The average molecular weight is 412 g/mol. The molecule has 0 spiro atoms. The van der Waals surface area contributed by atoms with Crippen LogP contribution in [-0.2, 0) is 13.2 Å². The van der Waals surface area contributed by atoms with Crippen molar-refractivity contribution in [2.24, 2.45) is 0 Å². The molecule has 3 aromatic carbocycles. The minimum absolute atomic E-state index is 0.240. The number of aryl methyl sites for hydroxylation is 1. The van der Waals surface area contributed by atoms with Gasteiger partial charge in [0, 0.05) is 11.9 Å². The third-order valence-corrected chi connectivity index (χ3v) is 5.23. The number of nitrogens with zero attached hydrogens (tertiary/aromatic N) is 2. The third kappa shape index (κ3) is 5.01. The van der Waals surface area contributed by atoms with Crippen LogP contribution in [0.4, 0.5) is 5.69 Å². The minimum atomic E-state index is -0.240. The Labute approximate surface area is 182 Å². The molecule has 0 radical (unpaired) electrons. The molecule has 0 saturated heterocycles. The van der Waals surface area contributed by atoms with Crippen molar-refractivity contribution in [2.75, 3.05) is 5.32 Å². The van der Waals surface area contributed by atoms with Crippen LogP contribution in [-0.4, -0.2) is 15.7 Å². The summed E-state index contributed by atoms with van der Waals surface area (Å²) in [4.78, 5) is 13.1. The van der Waals surface area contributed by atoms with Gasteiger partial charge in [-0.3, -0.25) is 9.48 Å². The molecule has 1 N–H and O–H groups in total. The highest BCUT2D eigenvalue weighted by atomic mass is 16.5. The van der Waals surface area contributed by atoms with Crippen LogP contribution in [0.1, 0.15) is 32.6 Å². The zero-order chi connectivity index (χ0) is 21.6. The van der Waals surface area contributed by atoms with Crippen molar-refractivity contribution in [1.29, 1.82) is 0 Å². The molecule has 0 aliphatic heterocycles. The summed E-state index contributed by atoms with van der Waals surface area (Å²) in [6, 6.07) is 25.7. The van der Waals surface area contributed by atoms with Gasteiger partial charge in [-0.05, 0) is 42.2 Å². The molecular formula is C26H25N3O2. The SMILES string of the molecule is Cc1cccc(NC(=O)c2cn(Cc3ccccc3)nc2OCc2ccccc2)c1C. The van der Waals surface area contributed by atoms with Crippen molar-refractivity contribution in [1.82, 2.24) is 9.78 Å². The van der Waals surface area contributed by atoms with Gasteiger partial charge in [0.1, 0.15) is 12.2 Å². The van der Waals surface area contributed by atoms with Crippen molar-refractivity contribution in [3.05, 3.63) is 113 Å². The first-order chi connectivity index (χ1) is 15.1. The fourth-order valence-electron chi connectivity index (χ4n) is 3.32. The van der Waals surface area contributed by atoms with Gasteiger partial charge >= 0.3 is 0 Å². The molecule has 156 valence electrons. The smallest absolute Gasteiger partial charge is 0.262 e. The number of ether oxygens (including phenoxy) is 1. The zero-order valence-electron chi connectivity index (χ0n) is 17.7. The third-order valence-electron chi connectivity index (χ3n) is 5.23. The van der Waals surface area contributed by atoms with E-state index in [0.717, 1.165) is 27.9 Å². The molecule has 31 heavy (non-hydrogen) atoms. The van der Waals surface area contributed by atoms with Gasteiger partial charge in [-0.15, -0.1) is 5.10 Å². The van der Waals surface area contributed by atoms with E-state index in [1.807, 2.05) is 92.7 Å². The van der Waals surface area contributed by atoms with E-state index >= 15 is 0 Å². The molecule has 1 heterocycles. The lowest BCUT2D eigenvalue weighted by Crippen LogP contribution is -2.14. The first-order valence-corrected chi connectivity index (χ1v) is 10.3. The minimum Gasteiger partial charge on any atom is -0.471 e. The van der Waals surface area contributed by atoms with Crippen LogP contribution < -0.4 is 10.1 Å². The van der Waals surface area contributed by atoms with Crippen LogP contribution in [0.3, 0.4) is 0 Å². The first kappa shape index (κ1) is 20.4. The van der Waals surface area contributed by atoms with E-state index < -0.39 is 0 Å². The summed E-state index contributed by atoms with van der Waals surface area (Å²) in [7, 11) is 0. The second kappa shape index (κ2) is 9.30. The highest BCUT2D eigenvalue weighted by Crippen LogP contribution is 2.23. The number of benzene rings is 3. The Bertz CT molecular complexity index is 1170. The lowest BCUT2D eigenvalue weighted by molar-refractivity contribution is 0.102. The Morgan fingerprint density at radius 2 is 1.58 bits per heavy atom. The fraction of sp³-hybridized carbons (Fsp3) is 0.154. The van der Waals surface area contributed by atoms with E-state index in [1.165, 1.54) is 0 Å². The van der Waals surface area contributed by atoms with Crippen LogP contribution in [0.2, 0.25) is 0 Å². The molecule has 0 aliphatic rings. The predicted octanol–water partition coefficient (Wildman–Crippen LogP) is 5.38. The van der Waals surface area contributed by atoms with Crippen molar-refractivity contribution in [3.63, 3.8) is 0 Å². The summed E-state index contributed by atoms with van der Waals surface area (Å²) >= 11 is 0. The molecule has 4 aromatic rings. The first-order valence-electron chi connectivity index (χ1n) is 10.3. The molecule has 5 nitrogen and oxygen atoms in total. The van der Waals surface area contributed by atoms with E-state index in [2.05, 4.69) is 10.4 Å². The summed E-state index contributed by atoms with van der Waals surface area (Å²) in [5.74, 6) is 0.0821. The Morgan fingerprint density at radius 1 is 0.903 bits per heavy atom. The Kier molecular flexibility index (Phi) is 6.13. The quantitative estimate of drug-likeness (QED) is 0.444. The Morgan fingerprint density at radius 3 is 2.29 bits per heavy atom. The largest absolute Gasteiger partial charge is 0.471 e. The van der Waals surface area contributed by atoms with Gasteiger partial charge in [0.25, 0.3) is 5.91 Å². The lowest BCUT2D eigenvalue weighted by atomic mass is 10.1. The summed E-state index contributed by atoms with van der Waals surface area (Å²) in [5.41, 5.74) is 5.47. The number of hydrogen-bond donors (Lipinski definition) is 1. The maximum absolute atomic E-state index is 13.1. The maximum Gasteiger partial charge on any atom is 0.262 e. The standard InChI is InChI=1S/C26H25N3O2/c1-19-10-9-15-24(20(19)2)27-25(30)23-17-29(16-21-11-5-3-6-12-21)28-26(23)31-18-22-13-7-4-8-14-22/h3-15,17H,16,18H2,1-2H3,(H,27,30). The fourth-order valence-corrected chi connectivity index (χ4v) is 3.32. The normalized spacial score (nSPS) is 10.6. The number of amides is 1. The molecule has 0 atom stereocenters. The molecule has 1 amide bonds. The van der Waals surface area contributed by atoms with E-state index in [1.54, 1.807) is 10.9 Å². The molecule has 0 bridgehead atoms. The van der Waals surface area contributed by atoms with Crippen LogP contribution in [0, 0.1) is 13.8 Å². The Balaban J connectivity index is 1.60. The summed E-state index contributed by atoms with van der Waals surface area (Å²) in [6.07, 6.45) is 1.74. The highest BCUT2D eigenvalue weighted by molar-refractivity contribution is 6.06. The summed E-state index contributed by atoms with van der Waals surface area (Å²) < 4.78 is 7.71. The van der Waals surface area contributed by atoms with Crippen molar-refractivity contribution in [2.45, 2.75) is 27.0 Å². The van der Waals surface area contributed by atoms with Crippen LogP contribution in [0.5, 0.6) is 5.88 Å². The van der Waals surface area contributed by atoms with E-state index in [0.29, 0.717) is 24.6 Å². The average Bonchev–Trinajstić information content (AvgIpc) is 3.19. The second-order valence-corrected chi connectivity index (χ2v) is 7.51. The molecule has 0 fully saturated rings. The van der Waals surface area contributed by atoms with Crippen LogP contribution in [0.25, 0.3) is 0 Å². The molecular weight excluding hydrogens is 386 g/mol. The van der Waals surface area contributed by atoms with Crippen LogP contribution in [0.15, 0.2) is 85.1 Å². The zero-order valence-corrected chi connectivity index (χ0v) is 17.7. The molecule has 1 aromatic heterocycles. The van der Waals surface area contributed by atoms with Gasteiger partial charge in [-0.1, -0.05) is 72.8 Å². The van der Waals surface area contributed by atoms with E-state index in [-0.39, 0.29) is 5.91 Å². The number of nitrogens with one attached hydrogen (secondary N) is 1.